The zero-order valence-corrected chi connectivity index (χ0v) is 16.2. The maximum absolute atomic E-state index is 13.0. The first-order valence-corrected chi connectivity index (χ1v) is 13.3. The molecule has 24 heavy (non-hydrogen) atoms. The van der Waals surface area contributed by atoms with Crippen LogP contribution in [0.5, 0.6) is 0 Å². The number of hydrogen-bond acceptors (Lipinski definition) is 3. The minimum Gasteiger partial charge on any atom is -0.294 e. The molecule has 0 N–H and O–H groups in total. The van der Waals surface area contributed by atoms with Crippen LogP contribution in [-0.4, -0.2) is 27.5 Å². The van der Waals surface area contributed by atoms with E-state index in [-0.39, 0.29) is 12.2 Å². The van der Waals surface area contributed by atoms with Gasteiger partial charge in [-0.05, 0) is 18.2 Å². The normalized spacial score (nSPS) is 13.5. The van der Waals surface area contributed by atoms with Gasteiger partial charge in [0.15, 0.2) is 15.6 Å². The molecule has 0 heterocycles. The monoisotopic (exact) mass is 360 g/mol. The van der Waals surface area contributed by atoms with Crippen LogP contribution in [0.3, 0.4) is 0 Å². The molecule has 2 aromatic rings. The van der Waals surface area contributed by atoms with Gasteiger partial charge in [-0.2, -0.15) is 0 Å². The van der Waals surface area contributed by atoms with Gasteiger partial charge in [-0.1, -0.05) is 68.2 Å². The highest BCUT2D eigenvalue weighted by Gasteiger charge is 2.33. The van der Waals surface area contributed by atoms with Gasteiger partial charge in [-0.25, -0.2) is 8.42 Å². The Labute approximate surface area is 145 Å². The molecule has 1 atom stereocenters. The molecule has 0 amide bonds. The van der Waals surface area contributed by atoms with Gasteiger partial charge in [0.2, 0.25) is 0 Å². The summed E-state index contributed by atoms with van der Waals surface area (Å²) in [5.74, 6) is -0.113. The lowest BCUT2D eigenvalue weighted by molar-refractivity contribution is 0.0982. The molecule has 2 aromatic carbocycles. The Balaban J connectivity index is 2.33. The number of sulfone groups is 1. The van der Waals surface area contributed by atoms with E-state index in [1.807, 2.05) is 6.07 Å². The number of carbonyl (C=O) groups excluding carboxylic acids is 1. The summed E-state index contributed by atoms with van der Waals surface area (Å²) in [6.45, 7) is 6.40. The van der Waals surface area contributed by atoms with Crippen molar-refractivity contribution in [1.29, 1.82) is 0 Å². The Morgan fingerprint density at radius 1 is 0.917 bits per heavy atom. The van der Waals surface area contributed by atoms with E-state index in [9.17, 15) is 13.2 Å². The van der Waals surface area contributed by atoms with E-state index in [1.54, 1.807) is 54.6 Å². The van der Waals surface area contributed by atoms with Crippen molar-refractivity contribution in [3.8, 4) is 0 Å². The largest absolute Gasteiger partial charge is 0.294 e. The molecule has 0 aromatic heterocycles. The quantitative estimate of drug-likeness (QED) is 0.542. The van der Waals surface area contributed by atoms with Crippen molar-refractivity contribution in [3.63, 3.8) is 0 Å². The number of Topliss-reactive ketones (excluding diaryl/α,β-unsaturated/α-hetero) is 1. The summed E-state index contributed by atoms with van der Waals surface area (Å²) < 4.78 is 26.1. The fraction of sp³-hybridized carbons (Fsp3) is 0.316. The summed E-state index contributed by atoms with van der Waals surface area (Å²) in [5, 5.41) is -0.667. The summed E-state index contributed by atoms with van der Waals surface area (Å²) in [5.41, 5.74) is 0.571. The van der Waals surface area contributed by atoms with E-state index in [1.165, 1.54) is 0 Å². The highest BCUT2D eigenvalue weighted by atomic mass is 32.2. The summed E-state index contributed by atoms with van der Waals surface area (Å²) in [6, 6.07) is 17.9. The number of benzene rings is 2. The molecule has 0 radical (unpaired) electrons. The molecule has 128 valence electrons. The van der Waals surface area contributed by atoms with E-state index in [0.29, 0.717) is 16.5 Å². The molecule has 0 bridgehead atoms. The van der Waals surface area contributed by atoms with Crippen molar-refractivity contribution < 1.29 is 13.2 Å². The van der Waals surface area contributed by atoms with Crippen molar-refractivity contribution in [2.75, 3.05) is 0 Å². The summed E-state index contributed by atoms with van der Waals surface area (Å²) in [4.78, 5) is 12.9. The molecular formula is C19H24O3SSi. The minimum atomic E-state index is -3.52. The maximum Gasteiger partial charge on any atom is 0.181 e. The summed E-state index contributed by atoms with van der Waals surface area (Å²) >= 11 is 0. The Bertz CT molecular complexity index is 778. The van der Waals surface area contributed by atoms with Crippen LogP contribution in [0.1, 0.15) is 16.8 Å². The van der Waals surface area contributed by atoms with Gasteiger partial charge in [0, 0.05) is 20.1 Å². The van der Waals surface area contributed by atoms with Crippen LogP contribution in [0.15, 0.2) is 65.6 Å². The highest BCUT2D eigenvalue weighted by Crippen LogP contribution is 2.27. The predicted octanol–water partition coefficient (Wildman–Crippen LogP) is 4.44. The predicted molar refractivity (Wildman–Crippen MR) is 101 cm³/mol. The van der Waals surface area contributed by atoms with E-state index < -0.39 is 23.2 Å². The van der Waals surface area contributed by atoms with Crippen molar-refractivity contribution in [1.82, 2.24) is 0 Å². The van der Waals surface area contributed by atoms with E-state index >= 15 is 0 Å². The standard InChI is InChI=1S/C19H24O3SSi/c1-24(2,3)15-18(14-19(20)16-10-6-4-7-11-16)23(21,22)17-12-8-5-9-13-17/h4-13,18H,14-15H2,1-3H3/t18-/m1/s1. The van der Waals surface area contributed by atoms with Gasteiger partial charge in [0.1, 0.15) is 0 Å². The van der Waals surface area contributed by atoms with E-state index in [4.69, 9.17) is 0 Å². The van der Waals surface area contributed by atoms with Crippen LogP contribution < -0.4 is 0 Å². The Morgan fingerprint density at radius 3 is 1.92 bits per heavy atom. The first-order valence-electron chi connectivity index (χ1n) is 8.07. The molecule has 0 aliphatic heterocycles. The van der Waals surface area contributed by atoms with Crippen molar-refractivity contribution in [3.05, 3.63) is 66.2 Å². The number of hydrogen-bond donors (Lipinski definition) is 0. The molecule has 0 unspecified atom stereocenters. The van der Waals surface area contributed by atoms with Crippen LogP contribution in [-0.2, 0) is 9.84 Å². The summed E-state index contributed by atoms with van der Waals surface area (Å²) in [6.07, 6.45) is 0.0332. The number of rotatable bonds is 7. The van der Waals surface area contributed by atoms with Crippen LogP contribution in [0.2, 0.25) is 25.7 Å². The zero-order valence-electron chi connectivity index (χ0n) is 14.4. The summed E-state index contributed by atoms with van der Waals surface area (Å²) in [7, 11) is -5.19. The van der Waals surface area contributed by atoms with E-state index in [2.05, 4.69) is 19.6 Å². The number of carbonyl (C=O) groups is 1. The van der Waals surface area contributed by atoms with Gasteiger partial charge in [-0.15, -0.1) is 0 Å². The topological polar surface area (TPSA) is 51.2 Å². The van der Waals surface area contributed by atoms with Crippen LogP contribution >= 0.6 is 0 Å². The molecule has 3 nitrogen and oxygen atoms in total. The average molecular weight is 361 g/mol. The van der Waals surface area contributed by atoms with Crippen LogP contribution in [0.4, 0.5) is 0 Å². The SMILES string of the molecule is C[Si](C)(C)C[C@@H](CC(=O)c1ccccc1)S(=O)(=O)c1ccccc1. The molecular weight excluding hydrogens is 336 g/mol. The second-order valence-electron chi connectivity index (χ2n) is 7.24. The lowest BCUT2D eigenvalue weighted by Gasteiger charge is -2.24. The highest BCUT2D eigenvalue weighted by molar-refractivity contribution is 7.92. The van der Waals surface area contributed by atoms with Gasteiger partial charge in [0.25, 0.3) is 0 Å². The van der Waals surface area contributed by atoms with Crippen molar-refractivity contribution in [2.45, 2.75) is 42.3 Å². The van der Waals surface area contributed by atoms with Crippen molar-refractivity contribution in [2.24, 2.45) is 0 Å². The van der Waals surface area contributed by atoms with E-state index in [0.717, 1.165) is 0 Å². The molecule has 2 rings (SSSR count). The third kappa shape index (κ3) is 4.88. The molecule has 0 spiro atoms. The average Bonchev–Trinajstić information content (AvgIpc) is 2.54. The Morgan fingerprint density at radius 2 is 1.42 bits per heavy atom. The molecule has 0 saturated carbocycles. The third-order valence-electron chi connectivity index (χ3n) is 3.86. The first kappa shape index (κ1) is 18.6. The molecule has 0 saturated heterocycles. The Hall–Kier alpha value is -1.72. The molecule has 5 heteroatoms. The van der Waals surface area contributed by atoms with Gasteiger partial charge in [0.05, 0.1) is 10.1 Å². The fourth-order valence-corrected chi connectivity index (χ4v) is 7.91. The second kappa shape index (κ2) is 7.45. The van der Waals surface area contributed by atoms with Crippen LogP contribution in [0, 0.1) is 0 Å². The molecule has 0 aliphatic rings. The first-order chi connectivity index (χ1) is 11.2. The zero-order chi connectivity index (χ0) is 17.8. The third-order valence-corrected chi connectivity index (χ3v) is 8.01. The fourth-order valence-electron chi connectivity index (χ4n) is 2.73. The lowest BCUT2D eigenvalue weighted by Crippen LogP contribution is -2.34. The van der Waals surface area contributed by atoms with Gasteiger partial charge < -0.3 is 0 Å². The Kier molecular flexibility index (Phi) is 5.77. The maximum atomic E-state index is 13.0. The second-order valence-corrected chi connectivity index (χ2v) is 15.0. The number of ketones is 1. The van der Waals surface area contributed by atoms with Gasteiger partial charge in [-0.3, -0.25) is 4.79 Å². The smallest absolute Gasteiger partial charge is 0.181 e. The minimum absolute atomic E-state index is 0.0332. The lowest BCUT2D eigenvalue weighted by atomic mass is 10.1. The van der Waals surface area contributed by atoms with Crippen LogP contribution in [0.25, 0.3) is 0 Å². The molecule has 0 fully saturated rings. The van der Waals surface area contributed by atoms with Gasteiger partial charge >= 0.3 is 0 Å². The molecule has 0 aliphatic carbocycles. The van der Waals surface area contributed by atoms with Crippen molar-refractivity contribution >= 4 is 23.7 Å².